The summed E-state index contributed by atoms with van der Waals surface area (Å²) < 4.78 is 8.02. The van der Waals surface area contributed by atoms with Crippen LogP contribution in [0.5, 0.6) is 0 Å². The summed E-state index contributed by atoms with van der Waals surface area (Å²) in [4.78, 5) is 9.20. The molecule has 0 radical (unpaired) electrons. The highest BCUT2D eigenvalue weighted by atomic mass is 28.3. The molecule has 2 aromatic heterocycles. The smallest absolute Gasteiger partial charge is 0.145 e. The summed E-state index contributed by atoms with van der Waals surface area (Å²) in [5, 5.41) is 11.5. The van der Waals surface area contributed by atoms with Crippen LogP contribution in [0.3, 0.4) is 0 Å². The van der Waals surface area contributed by atoms with Crippen molar-refractivity contribution in [1.29, 1.82) is 0 Å². The zero-order valence-electron chi connectivity index (χ0n) is 20.3. The highest BCUT2D eigenvalue weighted by Gasteiger charge is 2.38. The SMILES string of the molecule is C[Si](C)(C)CCOCn1ccc2c(-c3cccc(C4(CO)Cc5ccccc5C4)c3)ncnc21. The third-order valence-electron chi connectivity index (χ3n) is 7.01. The Morgan fingerprint density at radius 1 is 1.00 bits per heavy atom. The van der Waals surface area contributed by atoms with Gasteiger partial charge < -0.3 is 14.4 Å². The van der Waals surface area contributed by atoms with Crippen molar-refractivity contribution >= 4 is 19.1 Å². The van der Waals surface area contributed by atoms with Crippen molar-refractivity contribution in [2.75, 3.05) is 13.2 Å². The van der Waals surface area contributed by atoms with Crippen LogP contribution in [-0.4, -0.2) is 40.9 Å². The van der Waals surface area contributed by atoms with E-state index >= 15 is 0 Å². The molecule has 0 fully saturated rings. The molecule has 0 unspecified atom stereocenters. The summed E-state index contributed by atoms with van der Waals surface area (Å²) in [6.45, 7) is 8.48. The maximum absolute atomic E-state index is 10.5. The molecule has 0 bridgehead atoms. The van der Waals surface area contributed by atoms with Crippen molar-refractivity contribution in [2.45, 2.75) is 50.7 Å². The van der Waals surface area contributed by atoms with E-state index in [1.165, 1.54) is 11.1 Å². The first-order valence-electron chi connectivity index (χ1n) is 12.0. The molecule has 0 saturated heterocycles. The van der Waals surface area contributed by atoms with Crippen LogP contribution >= 0.6 is 0 Å². The molecule has 0 aliphatic heterocycles. The molecule has 5 nitrogen and oxygen atoms in total. The summed E-state index contributed by atoms with van der Waals surface area (Å²) in [5.74, 6) is 0. The second kappa shape index (κ2) is 9.10. The zero-order chi connectivity index (χ0) is 23.8. The van der Waals surface area contributed by atoms with Crippen LogP contribution in [0, 0.1) is 0 Å². The Bertz CT molecular complexity index is 1280. The number of benzene rings is 2. The lowest BCUT2D eigenvalue weighted by atomic mass is 9.78. The summed E-state index contributed by atoms with van der Waals surface area (Å²) in [6, 6.07) is 20.3. The largest absolute Gasteiger partial charge is 0.395 e. The lowest BCUT2D eigenvalue weighted by Crippen LogP contribution is -2.31. The van der Waals surface area contributed by atoms with Crippen LogP contribution in [0.25, 0.3) is 22.3 Å². The van der Waals surface area contributed by atoms with Gasteiger partial charge >= 0.3 is 0 Å². The van der Waals surface area contributed by atoms with Crippen LogP contribution in [0.4, 0.5) is 0 Å². The van der Waals surface area contributed by atoms with E-state index in [9.17, 15) is 5.11 Å². The van der Waals surface area contributed by atoms with Crippen molar-refractivity contribution < 1.29 is 9.84 Å². The molecule has 4 aromatic rings. The number of ether oxygens (including phenoxy) is 1. The number of fused-ring (bicyclic) bond motifs is 2. The van der Waals surface area contributed by atoms with Gasteiger partial charge in [-0.2, -0.15) is 0 Å². The molecule has 1 aliphatic carbocycles. The predicted octanol–water partition coefficient (Wildman–Crippen LogP) is 5.44. The van der Waals surface area contributed by atoms with E-state index < -0.39 is 8.07 Å². The molecule has 2 aromatic carbocycles. The molecule has 1 aliphatic rings. The lowest BCUT2D eigenvalue weighted by Gasteiger charge is -2.27. The Balaban J connectivity index is 1.43. The Morgan fingerprint density at radius 2 is 1.76 bits per heavy atom. The number of hydrogen-bond donors (Lipinski definition) is 1. The fourth-order valence-corrected chi connectivity index (χ4v) is 5.73. The van der Waals surface area contributed by atoms with Gasteiger partial charge in [0.05, 0.1) is 12.3 Å². The molecule has 2 heterocycles. The molecule has 0 spiro atoms. The van der Waals surface area contributed by atoms with E-state index in [-0.39, 0.29) is 12.0 Å². The van der Waals surface area contributed by atoms with Crippen LogP contribution < -0.4 is 0 Å². The zero-order valence-corrected chi connectivity index (χ0v) is 21.3. The van der Waals surface area contributed by atoms with Gasteiger partial charge in [-0.1, -0.05) is 62.1 Å². The number of aliphatic hydroxyl groups is 1. The van der Waals surface area contributed by atoms with Crippen molar-refractivity contribution in [2.24, 2.45) is 0 Å². The van der Waals surface area contributed by atoms with Gasteiger partial charge in [-0.15, -0.1) is 0 Å². The van der Waals surface area contributed by atoms with Gasteiger partial charge in [0.2, 0.25) is 0 Å². The van der Waals surface area contributed by atoms with Crippen LogP contribution in [0.1, 0.15) is 16.7 Å². The van der Waals surface area contributed by atoms with Crippen molar-refractivity contribution in [3.63, 3.8) is 0 Å². The number of aliphatic hydroxyl groups excluding tert-OH is 1. The first-order chi connectivity index (χ1) is 16.4. The monoisotopic (exact) mass is 471 g/mol. The molecule has 6 heteroatoms. The average Bonchev–Trinajstić information content (AvgIpc) is 3.43. The standard InChI is InChI=1S/C28H33N3O2Si/c1-34(2,3)14-13-33-20-31-12-11-25-26(29-19-30-27(25)31)21-9-6-10-24(15-21)28(18-32)16-22-7-4-5-8-23(22)17-28/h4-12,15,19,32H,13-14,16-18,20H2,1-3H3. The van der Waals surface area contributed by atoms with Crippen molar-refractivity contribution in [3.8, 4) is 11.3 Å². The van der Waals surface area contributed by atoms with Gasteiger partial charge in [-0.3, -0.25) is 0 Å². The molecular formula is C28H33N3O2Si. The Hall–Kier alpha value is -2.80. The minimum absolute atomic E-state index is 0.120. The predicted molar refractivity (Wildman–Crippen MR) is 140 cm³/mol. The molecule has 0 amide bonds. The third kappa shape index (κ3) is 4.45. The normalized spacial score (nSPS) is 15.1. The Morgan fingerprint density at radius 3 is 2.47 bits per heavy atom. The van der Waals surface area contributed by atoms with Crippen molar-refractivity contribution in [3.05, 3.63) is 83.8 Å². The van der Waals surface area contributed by atoms with E-state index in [1.54, 1.807) is 6.33 Å². The Kier molecular flexibility index (Phi) is 6.14. The van der Waals surface area contributed by atoms with Gasteiger partial charge in [-0.05, 0) is 47.7 Å². The van der Waals surface area contributed by atoms with Gasteiger partial charge in [0, 0.05) is 37.2 Å². The van der Waals surface area contributed by atoms with Gasteiger partial charge in [0.1, 0.15) is 18.7 Å². The highest BCUT2D eigenvalue weighted by molar-refractivity contribution is 6.76. The number of rotatable bonds is 8. The fraction of sp³-hybridized carbons (Fsp3) is 0.357. The summed E-state index contributed by atoms with van der Waals surface area (Å²) in [5.41, 5.74) is 6.37. The minimum Gasteiger partial charge on any atom is -0.395 e. The quantitative estimate of drug-likeness (QED) is 0.275. The first-order valence-corrected chi connectivity index (χ1v) is 15.8. The van der Waals surface area contributed by atoms with Gasteiger partial charge in [0.15, 0.2) is 0 Å². The number of nitrogens with zero attached hydrogens (tertiary/aromatic N) is 3. The Labute approximate surface area is 202 Å². The van der Waals surface area contributed by atoms with E-state index in [0.29, 0.717) is 6.73 Å². The fourth-order valence-electron chi connectivity index (χ4n) is 4.98. The molecule has 176 valence electrons. The van der Waals surface area contributed by atoms with Crippen LogP contribution in [0.2, 0.25) is 25.7 Å². The molecule has 1 N–H and O–H groups in total. The molecule has 34 heavy (non-hydrogen) atoms. The van der Waals surface area contributed by atoms with E-state index in [2.05, 4.69) is 88.8 Å². The summed E-state index contributed by atoms with van der Waals surface area (Å²) >= 11 is 0. The van der Waals surface area contributed by atoms with E-state index in [4.69, 9.17) is 4.74 Å². The minimum atomic E-state index is -1.11. The molecular weight excluding hydrogens is 438 g/mol. The van der Waals surface area contributed by atoms with Crippen LogP contribution in [-0.2, 0) is 29.7 Å². The van der Waals surface area contributed by atoms with Gasteiger partial charge in [-0.25, -0.2) is 9.97 Å². The van der Waals surface area contributed by atoms with Crippen LogP contribution in [0.15, 0.2) is 67.1 Å². The average molecular weight is 472 g/mol. The second-order valence-corrected chi connectivity index (χ2v) is 16.4. The molecule has 0 atom stereocenters. The molecule has 5 rings (SSSR count). The van der Waals surface area contributed by atoms with E-state index in [0.717, 1.165) is 53.3 Å². The summed E-state index contributed by atoms with van der Waals surface area (Å²) in [7, 11) is -1.11. The van der Waals surface area contributed by atoms with Crippen molar-refractivity contribution in [1.82, 2.24) is 14.5 Å². The number of hydrogen-bond acceptors (Lipinski definition) is 4. The first kappa shape index (κ1) is 23.0. The lowest BCUT2D eigenvalue weighted by molar-refractivity contribution is 0.0899. The molecule has 0 saturated carbocycles. The topological polar surface area (TPSA) is 60.2 Å². The number of aromatic nitrogens is 3. The second-order valence-electron chi connectivity index (χ2n) is 10.7. The maximum atomic E-state index is 10.5. The summed E-state index contributed by atoms with van der Waals surface area (Å²) in [6.07, 6.45) is 5.38. The van der Waals surface area contributed by atoms with Gasteiger partial charge in [0.25, 0.3) is 0 Å². The third-order valence-corrected chi connectivity index (χ3v) is 8.71. The van der Waals surface area contributed by atoms with E-state index in [1.807, 2.05) is 6.20 Å². The maximum Gasteiger partial charge on any atom is 0.145 e. The highest BCUT2D eigenvalue weighted by Crippen LogP contribution is 2.41.